The van der Waals surface area contributed by atoms with Crippen molar-refractivity contribution >= 4 is 27.9 Å². The molecular formula is C24H27N3O3. The van der Waals surface area contributed by atoms with Gasteiger partial charge in [-0.3, -0.25) is 13.9 Å². The van der Waals surface area contributed by atoms with Crippen LogP contribution in [-0.2, 0) is 18.4 Å². The Balaban J connectivity index is 1.90. The maximum absolute atomic E-state index is 13.5. The molecule has 0 radical (unpaired) electrons. The molecule has 1 N–H and O–H groups in total. The first kappa shape index (κ1) is 20.0. The van der Waals surface area contributed by atoms with Crippen molar-refractivity contribution in [1.29, 1.82) is 0 Å². The van der Waals surface area contributed by atoms with Crippen molar-refractivity contribution in [1.82, 2.24) is 13.7 Å². The Kier molecular flexibility index (Phi) is 5.24. The summed E-state index contributed by atoms with van der Waals surface area (Å²) in [5, 5.41) is 10.6. The molecular weight excluding hydrogens is 378 g/mol. The zero-order chi connectivity index (χ0) is 21.4. The number of rotatable bonds is 7. The lowest BCUT2D eigenvalue weighted by Gasteiger charge is -2.16. The van der Waals surface area contributed by atoms with Gasteiger partial charge in [-0.15, -0.1) is 0 Å². The average Bonchev–Trinajstić information content (AvgIpc) is 3.17. The van der Waals surface area contributed by atoms with Crippen LogP contribution in [0.2, 0.25) is 0 Å². The minimum Gasteiger partial charge on any atom is -0.481 e. The van der Waals surface area contributed by atoms with Gasteiger partial charge < -0.3 is 9.67 Å². The van der Waals surface area contributed by atoms with Gasteiger partial charge in [0.1, 0.15) is 0 Å². The molecule has 2 heterocycles. The molecule has 6 nitrogen and oxygen atoms in total. The number of hydrogen-bond acceptors (Lipinski definition) is 2. The Morgan fingerprint density at radius 2 is 1.77 bits per heavy atom. The van der Waals surface area contributed by atoms with Crippen molar-refractivity contribution in [3.8, 4) is 0 Å². The van der Waals surface area contributed by atoms with Gasteiger partial charge in [0.2, 0.25) is 0 Å². The fraction of sp³-hybridized carbons (Fsp3) is 0.333. The van der Waals surface area contributed by atoms with Gasteiger partial charge in [-0.05, 0) is 42.7 Å². The normalized spacial score (nSPS) is 12.6. The van der Waals surface area contributed by atoms with Crippen molar-refractivity contribution in [2.75, 3.05) is 0 Å². The first-order chi connectivity index (χ1) is 14.4. The molecule has 0 aliphatic rings. The molecule has 0 saturated heterocycles. The number of para-hydroxylation sites is 2. The van der Waals surface area contributed by atoms with Gasteiger partial charge in [-0.2, -0.15) is 0 Å². The highest BCUT2D eigenvalue weighted by molar-refractivity contribution is 5.87. The number of aryl methyl sites for hydroxylation is 2. The molecule has 0 bridgehead atoms. The first-order valence-corrected chi connectivity index (χ1v) is 10.4. The summed E-state index contributed by atoms with van der Waals surface area (Å²) in [5.41, 5.74) is 4.87. The zero-order valence-corrected chi connectivity index (χ0v) is 17.6. The van der Waals surface area contributed by atoms with E-state index >= 15 is 0 Å². The number of carboxylic acids is 1. The molecule has 2 aromatic carbocycles. The second-order valence-electron chi connectivity index (χ2n) is 8.00. The molecule has 0 aliphatic heterocycles. The SMILES string of the molecule is CCC[C@@H](CC(=O)O)n1c(=O)n(Cc2cn(C)c3cccc(C)c23)c2ccccc21. The van der Waals surface area contributed by atoms with Gasteiger partial charge in [-0.25, -0.2) is 4.79 Å². The van der Waals surface area contributed by atoms with Crippen LogP contribution in [0.15, 0.2) is 53.5 Å². The summed E-state index contributed by atoms with van der Waals surface area (Å²) in [4.78, 5) is 25.0. The summed E-state index contributed by atoms with van der Waals surface area (Å²) >= 11 is 0. The molecule has 0 saturated carbocycles. The van der Waals surface area contributed by atoms with E-state index in [9.17, 15) is 14.7 Å². The highest BCUT2D eigenvalue weighted by atomic mass is 16.4. The molecule has 6 heteroatoms. The number of carboxylic acid groups (broad SMARTS) is 1. The second-order valence-corrected chi connectivity index (χ2v) is 8.00. The molecule has 4 aromatic rings. The van der Waals surface area contributed by atoms with E-state index in [1.54, 1.807) is 9.13 Å². The first-order valence-electron chi connectivity index (χ1n) is 10.4. The summed E-state index contributed by atoms with van der Waals surface area (Å²) in [6.07, 6.45) is 3.48. The molecule has 156 valence electrons. The maximum atomic E-state index is 13.5. The van der Waals surface area contributed by atoms with Crippen LogP contribution in [0.3, 0.4) is 0 Å². The highest BCUT2D eigenvalue weighted by Crippen LogP contribution is 2.27. The molecule has 0 spiro atoms. The van der Waals surface area contributed by atoms with Crippen LogP contribution in [0.5, 0.6) is 0 Å². The van der Waals surface area contributed by atoms with Crippen LogP contribution in [0.25, 0.3) is 21.9 Å². The zero-order valence-electron chi connectivity index (χ0n) is 17.6. The smallest absolute Gasteiger partial charge is 0.329 e. The van der Waals surface area contributed by atoms with Crippen LogP contribution in [0, 0.1) is 6.92 Å². The van der Waals surface area contributed by atoms with Crippen molar-refractivity contribution in [2.45, 2.75) is 45.7 Å². The summed E-state index contributed by atoms with van der Waals surface area (Å²) in [5.74, 6) is -0.887. The van der Waals surface area contributed by atoms with E-state index in [1.807, 2.05) is 44.3 Å². The lowest BCUT2D eigenvalue weighted by Crippen LogP contribution is -2.29. The number of carbonyl (C=O) groups is 1. The van der Waals surface area contributed by atoms with E-state index in [0.717, 1.165) is 28.5 Å². The molecule has 2 aromatic heterocycles. The summed E-state index contributed by atoms with van der Waals surface area (Å²) < 4.78 is 5.55. The fourth-order valence-electron chi connectivity index (χ4n) is 4.62. The van der Waals surface area contributed by atoms with Gasteiger partial charge in [-0.1, -0.05) is 37.6 Å². The quantitative estimate of drug-likeness (QED) is 0.493. The third-order valence-corrected chi connectivity index (χ3v) is 5.90. The third-order valence-electron chi connectivity index (χ3n) is 5.90. The predicted octanol–water partition coefficient (Wildman–Crippen LogP) is 4.47. The van der Waals surface area contributed by atoms with Crippen molar-refractivity contribution < 1.29 is 9.90 Å². The predicted molar refractivity (Wildman–Crippen MR) is 119 cm³/mol. The van der Waals surface area contributed by atoms with Crippen LogP contribution in [-0.4, -0.2) is 24.8 Å². The van der Waals surface area contributed by atoms with Crippen molar-refractivity contribution in [2.24, 2.45) is 7.05 Å². The number of aromatic nitrogens is 3. The van der Waals surface area contributed by atoms with Crippen LogP contribution in [0.1, 0.15) is 43.4 Å². The second kappa shape index (κ2) is 7.86. The number of hydrogen-bond donors (Lipinski definition) is 1. The van der Waals surface area contributed by atoms with E-state index < -0.39 is 5.97 Å². The Morgan fingerprint density at radius 1 is 1.07 bits per heavy atom. The minimum absolute atomic E-state index is 0.0604. The number of nitrogens with zero attached hydrogens (tertiary/aromatic N) is 3. The van der Waals surface area contributed by atoms with Crippen LogP contribution >= 0.6 is 0 Å². The molecule has 30 heavy (non-hydrogen) atoms. The largest absolute Gasteiger partial charge is 0.481 e. The summed E-state index contributed by atoms with van der Waals surface area (Å²) in [6.45, 7) is 4.54. The van der Waals surface area contributed by atoms with E-state index in [0.29, 0.717) is 13.0 Å². The molecule has 0 aliphatic carbocycles. The Bertz CT molecular complexity index is 1290. The third kappa shape index (κ3) is 3.32. The number of aliphatic carboxylic acids is 1. The minimum atomic E-state index is -0.887. The molecule has 0 unspecified atom stereocenters. The van der Waals surface area contributed by atoms with E-state index in [-0.39, 0.29) is 18.2 Å². The van der Waals surface area contributed by atoms with Crippen molar-refractivity contribution in [3.05, 3.63) is 70.3 Å². The van der Waals surface area contributed by atoms with E-state index in [4.69, 9.17) is 0 Å². The lowest BCUT2D eigenvalue weighted by molar-refractivity contribution is -0.137. The lowest BCUT2D eigenvalue weighted by atomic mass is 10.1. The van der Waals surface area contributed by atoms with Crippen molar-refractivity contribution in [3.63, 3.8) is 0 Å². The monoisotopic (exact) mass is 405 g/mol. The van der Waals surface area contributed by atoms with E-state index in [2.05, 4.69) is 29.8 Å². The standard InChI is InChI=1S/C24H27N3O3/c1-4-8-18(13-22(28)29)27-20-11-6-5-10-19(20)26(24(27)30)15-17-14-25(3)21-12-7-9-16(2)23(17)21/h5-7,9-12,14,18H,4,8,13,15H2,1-3H3,(H,28,29)/t18-/m0/s1. The van der Waals surface area contributed by atoms with E-state index in [1.165, 1.54) is 10.9 Å². The molecule has 0 amide bonds. The van der Waals surface area contributed by atoms with Gasteiger partial charge in [0.05, 0.1) is 24.0 Å². The van der Waals surface area contributed by atoms with Gasteiger partial charge in [0.25, 0.3) is 0 Å². The Morgan fingerprint density at radius 3 is 2.47 bits per heavy atom. The Hall–Kier alpha value is -3.28. The number of benzene rings is 2. The molecule has 1 atom stereocenters. The highest BCUT2D eigenvalue weighted by Gasteiger charge is 2.23. The number of fused-ring (bicyclic) bond motifs is 2. The summed E-state index contributed by atoms with van der Waals surface area (Å²) in [7, 11) is 2.02. The van der Waals surface area contributed by atoms with Gasteiger partial charge >= 0.3 is 11.7 Å². The van der Waals surface area contributed by atoms with Crippen LogP contribution in [0.4, 0.5) is 0 Å². The summed E-state index contributed by atoms with van der Waals surface area (Å²) in [6, 6.07) is 13.5. The van der Waals surface area contributed by atoms with Gasteiger partial charge in [0.15, 0.2) is 0 Å². The number of imidazole rings is 1. The Labute approximate surface area is 175 Å². The fourth-order valence-corrected chi connectivity index (χ4v) is 4.62. The van der Waals surface area contributed by atoms with Crippen LogP contribution < -0.4 is 5.69 Å². The van der Waals surface area contributed by atoms with Gasteiger partial charge in [0, 0.05) is 30.2 Å². The molecule has 0 fully saturated rings. The maximum Gasteiger partial charge on any atom is 0.329 e. The molecule has 4 rings (SSSR count). The average molecular weight is 405 g/mol. The topological polar surface area (TPSA) is 69.2 Å².